The van der Waals surface area contributed by atoms with Crippen LogP contribution in [-0.2, 0) is 4.74 Å². The molecule has 8 nitrogen and oxygen atoms in total. The molecule has 0 aliphatic carbocycles. The lowest BCUT2D eigenvalue weighted by Gasteiger charge is -2.55. The number of anilines is 3. The van der Waals surface area contributed by atoms with E-state index < -0.39 is 0 Å². The number of nitrogens with one attached hydrogen (secondary N) is 1. The van der Waals surface area contributed by atoms with E-state index in [0.29, 0.717) is 22.5 Å². The van der Waals surface area contributed by atoms with Crippen molar-refractivity contribution in [1.82, 2.24) is 19.7 Å². The highest BCUT2D eigenvalue weighted by Gasteiger charge is 2.49. The molecule has 0 atom stereocenters. The van der Waals surface area contributed by atoms with Gasteiger partial charge in [0, 0.05) is 36.1 Å². The fourth-order valence-electron chi connectivity index (χ4n) is 3.43. The van der Waals surface area contributed by atoms with E-state index in [0.717, 1.165) is 37.8 Å². The molecule has 5 rings (SSSR count). The molecule has 2 saturated heterocycles. The Hall–Kier alpha value is -3.15. The van der Waals surface area contributed by atoms with Crippen molar-refractivity contribution in [3.05, 3.63) is 53.3 Å². The Morgan fingerprint density at radius 1 is 1.14 bits per heavy atom. The van der Waals surface area contributed by atoms with Crippen LogP contribution < -0.4 is 10.2 Å². The number of rotatable bonds is 4. The third kappa shape index (κ3) is 3.05. The molecule has 1 aromatic carbocycles. The summed E-state index contributed by atoms with van der Waals surface area (Å²) in [6.45, 7) is 3.43. The number of ether oxygens (including phenoxy) is 1. The number of benzene rings is 1. The van der Waals surface area contributed by atoms with Gasteiger partial charge in [0.1, 0.15) is 17.7 Å². The average molecular weight is 394 g/mol. The van der Waals surface area contributed by atoms with Gasteiger partial charge in [0.05, 0.1) is 18.6 Å². The molecule has 1 N–H and O–H groups in total. The Bertz CT molecular complexity index is 1060. The molecule has 2 aliphatic rings. The first-order valence-corrected chi connectivity index (χ1v) is 9.21. The zero-order chi connectivity index (χ0) is 19.1. The van der Waals surface area contributed by atoms with Crippen LogP contribution in [0.25, 0.3) is 5.95 Å². The quantitative estimate of drug-likeness (QED) is 0.728. The second-order valence-electron chi connectivity index (χ2n) is 7.15. The minimum Gasteiger partial charge on any atom is -0.380 e. The Morgan fingerprint density at radius 2 is 1.93 bits per heavy atom. The molecule has 28 heavy (non-hydrogen) atoms. The summed E-state index contributed by atoms with van der Waals surface area (Å²) in [7, 11) is 0. The molecule has 0 radical (unpaired) electrons. The summed E-state index contributed by atoms with van der Waals surface area (Å²) >= 11 is 5.97. The van der Waals surface area contributed by atoms with Crippen molar-refractivity contribution >= 4 is 28.9 Å². The van der Waals surface area contributed by atoms with Gasteiger partial charge in [-0.15, -0.1) is 0 Å². The summed E-state index contributed by atoms with van der Waals surface area (Å²) in [6.07, 6.45) is 1.68. The van der Waals surface area contributed by atoms with Crippen molar-refractivity contribution in [2.45, 2.75) is 0 Å². The normalized spacial score (nSPS) is 16.9. The van der Waals surface area contributed by atoms with Crippen molar-refractivity contribution in [3.63, 3.8) is 0 Å². The highest BCUT2D eigenvalue weighted by molar-refractivity contribution is 6.30. The molecular weight excluding hydrogens is 378 g/mol. The summed E-state index contributed by atoms with van der Waals surface area (Å²) in [5.74, 6) is 1.86. The molecular formula is C19H16ClN7O. The van der Waals surface area contributed by atoms with Gasteiger partial charge < -0.3 is 15.0 Å². The van der Waals surface area contributed by atoms with Crippen molar-refractivity contribution < 1.29 is 4.74 Å². The van der Waals surface area contributed by atoms with E-state index in [1.54, 1.807) is 12.3 Å². The zero-order valence-electron chi connectivity index (χ0n) is 14.8. The van der Waals surface area contributed by atoms with Crippen LogP contribution in [0.5, 0.6) is 0 Å². The molecule has 0 amide bonds. The first-order valence-electron chi connectivity index (χ1n) is 8.83. The smallest absolute Gasteiger partial charge is 0.254 e. The van der Waals surface area contributed by atoms with E-state index in [-0.39, 0.29) is 5.41 Å². The van der Waals surface area contributed by atoms with Crippen LogP contribution >= 0.6 is 11.6 Å². The Kier molecular flexibility index (Phi) is 3.93. The molecule has 0 bridgehead atoms. The second kappa shape index (κ2) is 6.48. The predicted molar refractivity (Wildman–Crippen MR) is 104 cm³/mol. The molecule has 0 unspecified atom stereocenters. The minimum absolute atomic E-state index is 0.272. The van der Waals surface area contributed by atoms with Gasteiger partial charge in [-0.25, -0.2) is 4.68 Å². The van der Waals surface area contributed by atoms with Gasteiger partial charge in [-0.3, -0.25) is 0 Å². The number of aromatic nitrogens is 4. The fraction of sp³-hybridized carbons (Fsp3) is 0.263. The summed E-state index contributed by atoms with van der Waals surface area (Å²) < 4.78 is 6.87. The van der Waals surface area contributed by atoms with E-state index in [9.17, 15) is 0 Å². The molecule has 0 saturated carbocycles. The van der Waals surface area contributed by atoms with Crippen molar-refractivity contribution in [2.24, 2.45) is 5.41 Å². The maximum absolute atomic E-state index is 9.04. The van der Waals surface area contributed by atoms with Crippen LogP contribution in [0.2, 0.25) is 5.02 Å². The monoisotopic (exact) mass is 393 g/mol. The summed E-state index contributed by atoms with van der Waals surface area (Å²) in [6, 6.07) is 13.0. The van der Waals surface area contributed by atoms with Gasteiger partial charge >= 0.3 is 0 Å². The van der Waals surface area contributed by atoms with Crippen LogP contribution in [0.4, 0.5) is 17.3 Å². The molecule has 9 heteroatoms. The highest BCUT2D eigenvalue weighted by Crippen LogP contribution is 2.40. The molecule has 140 valence electrons. The van der Waals surface area contributed by atoms with Gasteiger partial charge in [-0.05, 0) is 30.3 Å². The standard InChI is InChI=1S/C19H16ClN7O/c20-13-1-3-14(4-2-13)22-16-7-17(26-9-19(10-26)11-28-12-19)24-18(23-16)27-6-5-15(8-21)25-27/h1-7H,9-12H2,(H,22,23,24). The second-order valence-corrected chi connectivity index (χ2v) is 7.59. The van der Waals surface area contributed by atoms with Crippen molar-refractivity contribution in [2.75, 3.05) is 36.5 Å². The lowest BCUT2D eigenvalue weighted by atomic mass is 9.78. The third-order valence-electron chi connectivity index (χ3n) is 4.92. The summed E-state index contributed by atoms with van der Waals surface area (Å²) in [5.41, 5.74) is 1.45. The van der Waals surface area contributed by atoms with E-state index in [1.165, 1.54) is 4.68 Å². The van der Waals surface area contributed by atoms with Gasteiger partial charge in [-0.1, -0.05) is 11.6 Å². The number of hydrogen-bond donors (Lipinski definition) is 1. The highest BCUT2D eigenvalue weighted by atomic mass is 35.5. The Labute approximate surface area is 166 Å². The SMILES string of the molecule is N#Cc1ccn(-c2nc(Nc3ccc(Cl)cc3)cc(N3CC4(COC4)C3)n2)n1. The fourth-order valence-corrected chi connectivity index (χ4v) is 3.55. The first-order chi connectivity index (χ1) is 13.6. The van der Waals surface area contributed by atoms with Crippen LogP contribution in [0.3, 0.4) is 0 Å². The van der Waals surface area contributed by atoms with E-state index in [1.807, 2.05) is 36.4 Å². The predicted octanol–water partition coefficient (Wildman–Crippen LogP) is 2.77. The first kappa shape index (κ1) is 17.0. The van der Waals surface area contributed by atoms with Crippen LogP contribution in [0.15, 0.2) is 42.6 Å². The van der Waals surface area contributed by atoms with Gasteiger partial charge in [0.2, 0.25) is 0 Å². The van der Waals surface area contributed by atoms with Gasteiger partial charge in [0.15, 0.2) is 5.69 Å². The molecule has 2 fully saturated rings. The number of hydrogen-bond acceptors (Lipinski definition) is 7. The largest absolute Gasteiger partial charge is 0.380 e. The van der Waals surface area contributed by atoms with E-state index in [2.05, 4.69) is 25.3 Å². The van der Waals surface area contributed by atoms with E-state index >= 15 is 0 Å². The topological polar surface area (TPSA) is 91.9 Å². The zero-order valence-corrected chi connectivity index (χ0v) is 15.6. The number of nitriles is 1. The number of halogens is 1. The van der Waals surface area contributed by atoms with Crippen molar-refractivity contribution in [3.8, 4) is 12.0 Å². The van der Waals surface area contributed by atoms with Crippen molar-refractivity contribution in [1.29, 1.82) is 5.26 Å². The third-order valence-corrected chi connectivity index (χ3v) is 5.17. The maximum Gasteiger partial charge on any atom is 0.254 e. The molecule has 3 aromatic rings. The molecule has 2 aliphatic heterocycles. The Morgan fingerprint density at radius 3 is 2.57 bits per heavy atom. The van der Waals surface area contributed by atoms with Gasteiger partial charge in [0.25, 0.3) is 5.95 Å². The maximum atomic E-state index is 9.04. The number of nitrogens with zero attached hydrogens (tertiary/aromatic N) is 6. The average Bonchev–Trinajstić information content (AvgIpc) is 3.11. The van der Waals surface area contributed by atoms with Crippen LogP contribution in [0, 0.1) is 16.7 Å². The molecule has 4 heterocycles. The summed E-state index contributed by atoms with van der Waals surface area (Å²) in [5, 5.41) is 17.2. The lowest BCUT2D eigenvalue weighted by Crippen LogP contribution is -2.66. The van der Waals surface area contributed by atoms with Crippen LogP contribution in [-0.4, -0.2) is 46.1 Å². The summed E-state index contributed by atoms with van der Waals surface area (Å²) in [4.78, 5) is 11.4. The molecule has 1 spiro atoms. The molecule has 2 aromatic heterocycles. The minimum atomic E-state index is 0.272. The Balaban J connectivity index is 1.48. The van der Waals surface area contributed by atoms with Crippen LogP contribution in [0.1, 0.15) is 5.69 Å². The van der Waals surface area contributed by atoms with E-state index in [4.69, 9.17) is 21.6 Å². The van der Waals surface area contributed by atoms with Gasteiger partial charge in [-0.2, -0.15) is 20.3 Å². The lowest BCUT2D eigenvalue weighted by molar-refractivity contribution is -0.127.